The van der Waals surface area contributed by atoms with Crippen molar-refractivity contribution in [2.45, 2.75) is 24.7 Å². The van der Waals surface area contributed by atoms with Crippen LogP contribution in [0.4, 0.5) is 5.69 Å². The van der Waals surface area contributed by atoms with Crippen LogP contribution in [0.25, 0.3) is 0 Å². The standard InChI is InChI=1S/C12H16N2O6S/c1-2-3-8-20-12(15)9-13-21(18,19)11-7-5-4-6-10(11)14(16)17/h4-7,13H,2-3,8-9H2,1H3. The average molecular weight is 316 g/mol. The first-order valence-electron chi connectivity index (χ1n) is 6.27. The summed E-state index contributed by atoms with van der Waals surface area (Å²) in [7, 11) is -4.15. The van der Waals surface area contributed by atoms with Crippen molar-refractivity contribution in [3.63, 3.8) is 0 Å². The number of nitro benzene ring substituents is 1. The van der Waals surface area contributed by atoms with E-state index in [1.807, 2.05) is 11.6 Å². The molecule has 1 aromatic rings. The summed E-state index contributed by atoms with van der Waals surface area (Å²) in [6.45, 7) is 1.56. The van der Waals surface area contributed by atoms with E-state index >= 15 is 0 Å². The highest BCUT2D eigenvalue weighted by atomic mass is 32.2. The maximum atomic E-state index is 12.0. The number of carbonyl (C=O) groups excluding carboxylic acids is 1. The van der Waals surface area contributed by atoms with Crippen molar-refractivity contribution in [1.82, 2.24) is 4.72 Å². The fourth-order valence-corrected chi connectivity index (χ4v) is 2.59. The zero-order valence-corrected chi connectivity index (χ0v) is 12.3. The molecule has 0 aliphatic rings. The van der Waals surface area contributed by atoms with Gasteiger partial charge in [-0.05, 0) is 12.5 Å². The van der Waals surface area contributed by atoms with Gasteiger partial charge in [0.15, 0.2) is 4.90 Å². The van der Waals surface area contributed by atoms with Gasteiger partial charge < -0.3 is 4.74 Å². The molecule has 1 rings (SSSR count). The van der Waals surface area contributed by atoms with E-state index in [4.69, 9.17) is 4.74 Å². The minimum Gasteiger partial charge on any atom is -0.465 e. The molecular weight excluding hydrogens is 300 g/mol. The molecule has 0 fully saturated rings. The van der Waals surface area contributed by atoms with E-state index in [2.05, 4.69) is 0 Å². The van der Waals surface area contributed by atoms with Crippen LogP contribution in [-0.2, 0) is 19.6 Å². The minimum absolute atomic E-state index is 0.211. The van der Waals surface area contributed by atoms with Crippen molar-refractivity contribution in [1.29, 1.82) is 0 Å². The molecule has 0 heterocycles. The zero-order valence-electron chi connectivity index (χ0n) is 11.4. The third-order valence-corrected chi connectivity index (χ3v) is 3.97. The normalized spacial score (nSPS) is 11.1. The Morgan fingerprint density at radius 3 is 2.67 bits per heavy atom. The summed E-state index contributed by atoms with van der Waals surface area (Å²) >= 11 is 0. The Balaban J connectivity index is 2.75. The van der Waals surface area contributed by atoms with Crippen molar-refractivity contribution in [2.75, 3.05) is 13.2 Å². The van der Waals surface area contributed by atoms with Crippen molar-refractivity contribution in [2.24, 2.45) is 0 Å². The van der Waals surface area contributed by atoms with Gasteiger partial charge in [0.05, 0.1) is 11.5 Å². The van der Waals surface area contributed by atoms with Crippen LogP contribution in [0.3, 0.4) is 0 Å². The molecule has 0 aliphatic carbocycles. The first-order valence-corrected chi connectivity index (χ1v) is 7.75. The first kappa shape index (κ1) is 17.1. The van der Waals surface area contributed by atoms with Crippen molar-refractivity contribution in [3.05, 3.63) is 34.4 Å². The molecule has 0 radical (unpaired) electrons. The Hall–Kier alpha value is -2.00. The lowest BCUT2D eigenvalue weighted by Crippen LogP contribution is -2.31. The Morgan fingerprint density at radius 2 is 2.05 bits per heavy atom. The number of sulfonamides is 1. The Kier molecular flexibility index (Phi) is 6.25. The van der Waals surface area contributed by atoms with Crippen LogP contribution < -0.4 is 4.72 Å². The number of carbonyl (C=O) groups is 1. The van der Waals surface area contributed by atoms with Crippen LogP contribution in [0.1, 0.15) is 19.8 Å². The van der Waals surface area contributed by atoms with E-state index in [9.17, 15) is 23.3 Å². The molecule has 8 nitrogen and oxygen atoms in total. The fourth-order valence-electron chi connectivity index (χ4n) is 1.45. The van der Waals surface area contributed by atoms with Gasteiger partial charge in [-0.1, -0.05) is 25.5 Å². The van der Waals surface area contributed by atoms with Crippen LogP contribution in [0, 0.1) is 10.1 Å². The quantitative estimate of drug-likeness (QED) is 0.333. The summed E-state index contributed by atoms with van der Waals surface area (Å²) in [5.41, 5.74) is -0.552. The number of para-hydroxylation sites is 1. The Morgan fingerprint density at radius 1 is 1.38 bits per heavy atom. The highest BCUT2D eigenvalue weighted by molar-refractivity contribution is 7.89. The molecule has 0 aromatic heterocycles. The highest BCUT2D eigenvalue weighted by Gasteiger charge is 2.25. The summed E-state index contributed by atoms with van der Waals surface area (Å²) in [6.07, 6.45) is 1.53. The van der Waals surface area contributed by atoms with Gasteiger partial charge in [0, 0.05) is 6.07 Å². The molecule has 0 spiro atoms. The average Bonchev–Trinajstić information content (AvgIpc) is 2.45. The third kappa shape index (κ3) is 5.12. The van der Waals surface area contributed by atoms with Gasteiger partial charge in [0.2, 0.25) is 10.0 Å². The summed E-state index contributed by atoms with van der Waals surface area (Å²) in [4.78, 5) is 20.8. The van der Waals surface area contributed by atoms with Gasteiger partial charge >= 0.3 is 5.97 Å². The smallest absolute Gasteiger partial charge is 0.321 e. The predicted octanol–water partition coefficient (Wildman–Crippen LogP) is 1.22. The molecule has 1 aromatic carbocycles. The second-order valence-corrected chi connectivity index (χ2v) is 5.86. The SMILES string of the molecule is CCCCOC(=O)CNS(=O)(=O)c1ccccc1[N+](=O)[O-]. The highest BCUT2D eigenvalue weighted by Crippen LogP contribution is 2.22. The first-order chi connectivity index (χ1) is 9.88. The Labute approximate surface area is 122 Å². The van der Waals surface area contributed by atoms with Crippen LogP contribution in [0.15, 0.2) is 29.2 Å². The topological polar surface area (TPSA) is 116 Å². The summed E-state index contributed by atoms with van der Waals surface area (Å²) in [5.74, 6) is -0.731. The second-order valence-electron chi connectivity index (χ2n) is 4.12. The number of nitrogens with zero attached hydrogens (tertiary/aromatic N) is 1. The van der Waals surface area contributed by atoms with Gasteiger partial charge in [-0.3, -0.25) is 14.9 Å². The number of nitro groups is 1. The number of nitrogens with one attached hydrogen (secondary N) is 1. The molecule has 0 atom stereocenters. The van der Waals surface area contributed by atoms with Gasteiger partial charge in [0.25, 0.3) is 5.69 Å². The van der Waals surface area contributed by atoms with Crippen molar-refractivity contribution >= 4 is 21.7 Å². The van der Waals surface area contributed by atoms with Crippen molar-refractivity contribution < 1.29 is 22.9 Å². The van der Waals surface area contributed by atoms with E-state index in [0.29, 0.717) is 6.42 Å². The Bertz CT molecular complexity index is 614. The number of hydrogen-bond acceptors (Lipinski definition) is 6. The molecule has 0 saturated heterocycles. The van der Waals surface area contributed by atoms with E-state index in [0.717, 1.165) is 18.6 Å². The maximum absolute atomic E-state index is 12.0. The number of hydrogen-bond donors (Lipinski definition) is 1. The van der Waals surface area contributed by atoms with Gasteiger partial charge in [-0.15, -0.1) is 0 Å². The van der Waals surface area contributed by atoms with Gasteiger partial charge in [-0.25, -0.2) is 8.42 Å². The molecule has 9 heteroatoms. The lowest BCUT2D eigenvalue weighted by Gasteiger charge is -2.07. The molecule has 0 amide bonds. The third-order valence-electron chi connectivity index (χ3n) is 2.52. The van der Waals surface area contributed by atoms with Crippen LogP contribution in [-0.4, -0.2) is 32.5 Å². The van der Waals surface area contributed by atoms with Crippen LogP contribution in [0.5, 0.6) is 0 Å². The number of benzene rings is 1. The molecule has 1 N–H and O–H groups in total. The van der Waals surface area contributed by atoms with E-state index < -0.39 is 38.0 Å². The molecule has 0 aliphatic heterocycles. The van der Waals surface area contributed by atoms with E-state index in [1.165, 1.54) is 12.1 Å². The summed E-state index contributed by atoms with van der Waals surface area (Å²) in [6, 6.07) is 4.90. The number of rotatable bonds is 8. The zero-order chi connectivity index (χ0) is 15.9. The van der Waals surface area contributed by atoms with Gasteiger partial charge in [0.1, 0.15) is 6.54 Å². The lowest BCUT2D eigenvalue weighted by atomic mass is 10.3. The monoisotopic (exact) mass is 316 g/mol. The van der Waals surface area contributed by atoms with Crippen molar-refractivity contribution in [3.8, 4) is 0 Å². The van der Waals surface area contributed by atoms with E-state index in [-0.39, 0.29) is 6.61 Å². The summed E-state index contributed by atoms with van der Waals surface area (Å²) in [5, 5.41) is 10.8. The lowest BCUT2D eigenvalue weighted by molar-refractivity contribution is -0.387. The molecular formula is C12H16N2O6S. The fraction of sp³-hybridized carbons (Fsp3) is 0.417. The largest absolute Gasteiger partial charge is 0.465 e. The maximum Gasteiger partial charge on any atom is 0.321 e. The second kappa shape index (κ2) is 7.70. The van der Waals surface area contributed by atoms with Crippen LogP contribution >= 0.6 is 0 Å². The number of unbranched alkanes of at least 4 members (excludes halogenated alkanes) is 1. The van der Waals surface area contributed by atoms with Gasteiger partial charge in [-0.2, -0.15) is 4.72 Å². The molecule has 116 valence electrons. The predicted molar refractivity (Wildman–Crippen MR) is 74.2 cm³/mol. The molecule has 0 unspecified atom stereocenters. The summed E-state index contributed by atoms with van der Waals surface area (Å²) < 4.78 is 30.7. The van der Waals surface area contributed by atoms with E-state index in [1.54, 1.807) is 0 Å². The van der Waals surface area contributed by atoms with Crippen LogP contribution in [0.2, 0.25) is 0 Å². The molecule has 0 bridgehead atoms. The number of esters is 1. The number of ether oxygens (including phenoxy) is 1. The molecule has 21 heavy (non-hydrogen) atoms. The minimum atomic E-state index is -4.15. The molecule has 0 saturated carbocycles.